The number of amides is 1. The number of piperidine rings is 1. The van der Waals surface area contributed by atoms with Crippen molar-refractivity contribution >= 4 is 23.2 Å². The summed E-state index contributed by atoms with van der Waals surface area (Å²) in [5.41, 5.74) is 2.40. The fourth-order valence-corrected chi connectivity index (χ4v) is 3.13. The molecule has 0 spiro atoms. The van der Waals surface area contributed by atoms with E-state index in [9.17, 15) is 9.90 Å². The van der Waals surface area contributed by atoms with Gasteiger partial charge in [-0.3, -0.25) is 4.79 Å². The lowest BCUT2D eigenvalue weighted by Crippen LogP contribution is -2.38. The molecule has 2 aliphatic rings. The van der Waals surface area contributed by atoms with Gasteiger partial charge in [0.05, 0.1) is 12.5 Å². The molecular formula is C14H17ClN2O2. The summed E-state index contributed by atoms with van der Waals surface area (Å²) in [5.74, 6) is -0.0199. The predicted octanol–water partition coefficient (Wildman–Crippen LogP) is 2.01. The summed E-state index contributed by atoms with van der Waals surface area (Å²) in [5, 5.41) is 17.1. The molecule has 1 aromatic rings. The lowest BCUT2D eigenvalue weighted by molar-refractivity contribution is -0.115. The van der Waals surface area contributed by atoms with E-state index in [0.29, 0.717) is 11.4 Å². The summed E-state index contributed by atoms with van der Waals surface area (Å²) in [7, 11) is 0. The van der Waals surface area contributed by atoms with Crippen LogP contribution in [0.1, 0.15) is 36.5 Å². The minimum atomic E-state index is -0.617. The van der Waals surface area contributed by atoms with Crippen LogP contribution in [0.2, 0.25) is 5.02 Å². The third-order valence-corrected chi connectivity index (χ3v) is 4.22. The highest BCUT2D eigenvalue weighted by atomic mass is 35.5. The zero-order valence-corrected chi connectivity index (χ0v) is 11.3. The number of aliphatic hydroxyl groups is 1. The van der Waals surface area contributed by atoms with Gasteiger partial charge >= 0.3 is 0 Å². The van der Waals surface area contributed by atoms with E-state index in [4.69, 9.17) is 11.6 Å². The Morgan fingerprint density at radius 1 is 1.37 bits per heavy atom. The lowest BCUT2D eigenvalue weighted by Gasteiger charge is -2.29. The van der Waals surface area contributed by atoms with Gasteiger partial charge in [-0.25, -0.2) is 0 Å². The zero-order valence-electron chi connectivity index (χ0n) is 10.6. The van der Waals surface area contributed by atoms with Crippen molar-refractivity contribution in [2.45, 2.75) is 37.8 Å². The molecule has 5 heteroatoms. The number of benzene rings is 1. The minimum Gasteiger partial charge on any atom is -0.387 e. The largest absolute Gasteiger partial charge is 0.387 e. The van der Waals surface area contributed by atoms with Crippen molar-refractivity contribution in [1.82, 2.24) is 5.32 Å². The number of hydrogen-bond donors (Lipinski definition) is 3. The Bertz CT molecular complexity index is 512. The normalized spacial score (nSPS) is 23.9. The van der Waals surface area contributed by atoms with Crippen LogP contribution in [-0.4, -0.2) is 23.6 Å². The Morgan fingerprint density at radius 2 is 2.21 bits per heavy atom. The van der Waals surface area contributed by atoms with E-state index in [0.717, 1.165) is 42.6 Å². The maximum atomic E-state index is 11.4. The highest BCUT2D eigenvalue weighted by Crippen LogP contribution is 2.35. The molecule has 102 valence electrons. The molecule has 2 heterocycles. The number of rotatable bonds is 2. The van der Waals surface area contributed by atoms with Crippen molar-refractivity contribution in [3.8, 4) is 0 Å². The fraction of sp³-hybridized carbons (Fsp3) is 0.500. The highest BCUT2D eigenvalue weighted by molar-refractivity contribution is 6.32. The van der Waals surface area contributed by atoms with E-state index in [1.807, 2.05) is 6.07 Å². The average Bonchev–Trinajstić information content (AvgIpc) is 2.77. The third kappa shape index (κ3) is 2.48. The van der Waals surface area contributed by atoms with Gasteiger partial charge in [-0.2, -0.15) is 0 Å². The van der Waals surface area contributed by atoms with Crippen molar-refractivity contribution < 1.29 is 9.90 Å². The van der Waals surface area contributed by atoms with Gasteiger partial charge in [-0.05, 0) is 37.1 Å². The number of fused-ring (bicyclic) bond motifs is 1. The molecule has 3 N–H and O–H groups in total. The van der Waals surface area contributed by atoms with E-state index >= 15 is 0 Å². The second-order valence-corrected chi connectivity index (χ2v) is 5.66. The van der Waals surface area contributed by atoms with Gasteiger partial charge in [-0.1, -0.05) is 18.0 Å². The standard InChI is InChI=1S/C14H17ClN2O2/c15-10-7-12-8(6-13(18)17-12)5-9(10)14(19)11-3-1-2-4-16-11/h5,7,11,14,16,19H,1-4,6H2,(H,17,18). The number of carbonyl (C=O) groups excluding carboxylic acids is 1. The Labute approximate surface area is 117 Å². The van der Waals surface area contributed by atoms with Crippen molar-refractivity contribution in [3.05, 3.63) is 28.3 Å². The second kappa shape index (κ2) is 5.12. The molecule has 2 aliphatic heterocycles. The highest BCUT2D eigenvalue weighted by Gasteiger charge is 2.27. The van der Waals surface area contributed by atoms with Crippen LogP contribution < -0.4 is 10.6 Å². The van der Waals surface area contributed by atoms with Crippen LogP contribution in [0.3, 0.4) is 0 Å². The van der Waals surface area contributed by atoms with Crippen LogP contribution in [-0.2, 0) is 11.2 Å². The van der Waals surface area contributed by atoms with Gasteiger partial charge in [0, 0.05) is 22.3 Å². The number of nitrogens with one attached hydrogen (secondary N) is 2. The molecule has 0 radical (unpaired) electrons. The molecule has 1 amide bonds. The molecule has 3 rings (SSSR count). The summed E-state index contributed by atoms with van der Waals surface area (Å²) < 4.78 is 0. The number of hydrogen-bond acceptors (Lipinski definition) is 3. The Kier molecular flexibility index (Phi) is 3.48. The molecule has 0 saturated carbocycles. The monoisotopic (exact) mass is 280 g/mol. The van der Waals surface area contributed by atoms with Crippen LogP contribution in [0.25, 0.3) is 0 Å². The Balaban J connectivity index is 1.88. The number of anilines is 1. The van der Waals surface area contributed by atoms with Gasteiger partial charge in [-0.15, -0.1) is 0 Å². The topological polar surface area (TPSA) is 61.4 Å². The number of aliphatic hydroxyl groups excluding tert-OH is 1. The summed E-state index contributed by atoms with van der Waals surface area (Å²) in [4.78, 5) is 11.4. The van der Waals surface area contributed by atoms with Crippen molar-refractivity contribution in [1.29, 1.82) is 0 Å². The van der Waals surface area contributed by atoms with Crippen molar-refractivity contribution in [2.24, 2.45) is 0 Å². The first-order chi connectivity index (χ1) is 9.15. The first-order valence-corrected chi connectivity index (χ1v) is 7.06. The van der Waals surface area contributed by atoms with Crippen LogP contribution in [0, 0.1) is 0 Å². The van der Waals surface area contributed by atoms with Gasteiger partial charge in [0.15, 0.2) is 0 Å². The summed E-state index contributed by atoms with van der Waals surface area (Å²) in [6, 6.07) is 3.65. The van der Waals surface area contributed by atoms with Crippen molar-refractivity contribution in [3.63, 3.8) is 0 Å². The molecule has 1 saturated heterocycles. The molecule has 1 aromatic carbocycles. The first kappa shape index (κ1) is 12.9. The Morgan fingerprint density at radius 3 is 2.95 bits per heavy atom. The maximum Gasteiger partial charge on any atom is 0.228 e. The molecule has 2 unspecified atom stereocenters. The average molecular weight is 281 g/mol. The number of carbonyl (C=O) groups is 1. The predicted molar refractivity (Wildman–Crippen MR) is 74.4 cm³/mol. The van der Waals surface area contributed by atoms with E-state index in [1.165, 1.54) is 0 Å². The van der Waals surface area contributed by atoms with E-state index in [2.05, 4.69) is 10.6 Å². The molecule has 2 atom stereocenters. The van der Waals surface area contributed by atoms with Gasteiger partial charge < -0.3 is 15.7 Å². The van der Waals surface area contributed by atoms with Gasteiger partial charge in [0.1, 0.15) is 0 Å². The smallest absolute Gasteiger partial charge is 0.228 e. The molecule has 1 fully saturated rings. The number of halogens is 1. The van der Waals surface area contributed by atoms with Crippen molar-refractivity contribution in [2.75, 3.05) is 11.9 Å². The van der Waals surface area contributed by atoms with E-state index in [1.54, 1.807) is 6.07 Å². The molecule has 0 aliphatic carbocycles. The molecule has 0 bridgehead atoms. The first-order valence-electron chi connectivity index (χ1n) is 6.69. The zero-order chi connectivity index (χ0) is 13.4. The molecular weight excluding hydrogens is 264 g/mol. The SMILES string of the molecule is O=C1Cc2cc(C(O)C3CCCCN3)c(Cl)cc2N1. The second-order valence-electron chi connectivity index (χ2n) is 5.26. The lowest BCUT2D eigenvalue weighted by atomic mass is 9.93. The van der Waals surface area contributed by atoms with Gasteiger partial charge in [0.2, 0.25) is 5.91 Å². The van der Waals surface area contributed by atoms with Crippen LogP contribution in [0.15, 0.2) is 12.1 Å². The molecule has 19 heavy (non-hydrogen) atoms. The molecule has 0 aromatic heterocycles. The van der Waals surface area contributed by atoms with E-state index < -0.39 is 6.10 Å². The fourth-order valence-electron chi connectivity index (χ4n) is 2.86. The van der Waals surface area contributed by atoms with Crippen LogP contribution >= 0.6 is 11.6 Å². The Hall–Kier alpha value is -1.10. The van der Waals surface area contributed by atoms with Gasteiger partial charge in [0.25, 0.3) is 0 Å². The summed E-state index contributed by atoms with van der Waals surface area (Å²) in [6.07, 6.45) is 2.97. The maximum absolute atomic E-state index is 11.4. The van der Waals surface area contributed by atoms with Crippen LogP contribution in [0.5, 0.6) is 0 Å². The third-order valence-electron chi connectivity index (χ3n) is 3.90. The van der Waals surface area contributed by atoms with Crippen LogP contribution in [0.4, 0.5) is 5.69 Å². The molecule has 4 nitrogen and oxygen atoms in total. The quantitative estimate of drug-likeness (QED) is 0.777. The summed E-state index contributed by atoms with van der Waals surface area (Å²) >= 11 is 6.23. The minimum absolute atomic E-state index is 0.0199. The summed E-state index contributed by atoms with van der Waals surface area (Å²) in [6.45, 7) is 0.935. The van der Waals surface area contributed by atoms with E-state index in [-0.39, 0.29) is 11.9 Å².